The van der Waals surface area contributed by atoms with Crippen LogP contribution in [0.25, 0.3) is 0 Å². The third kappa shape index (κ3) is 4.79. The normalized spacial score (nSPS) is 10.5. The van der Waals surface area contributed by atoms with Gasteiger partial charge in [0.2, 0.25) is 0 Å². The second kappa shape index (κ2) is 7.34. The van der Waals surface area contributed by atoms with Gasteiger partial charge in [0.1, 0.15) is 18.2 Å². The number of rotatable bonds is 7. The van der Waals surface area contributed by atoms with Crippen molar-refractivity contribution in [1.29, 1.82) is 0 Å². The van der Waals surface area contributed by atoms with E-state index in [0.717, 1.165) is 18.1 Å². The molecule has 0 bridgehead atoms. The van der Waals surface area contributed by atoms with E-state index in [4.69, 9.17) is 10.5 Å². The molecular formula is C11H20N4OS. The Balaban J connectivity index is 2.73. The molecule has 1 rings (SSSR count). The lowest BCUT2D eigenvalue weighted by molar-refractivity contribution is 0.128. The van der Waals surface area contributed by atoms with Crippen LogP contribution in [0.5, 0.6) is 0 Å². The molecular weight excluding hydrogens is 236 g/mol. The largest absolute Gasteiger partial charge is 0.384 e. The molecule has 1 aromatic heterocycles. The van der Waals surface area contributed by atoms with Crippen molar-refractivity contribution in [3.05, 3.63) is 11.9 Å². The summed E-state index contributed by atoms with van der Waals surface area (Å²) in [6.07, 6.45) is 2.09. The first-order valence-electron chi connectivity index (χ1n) is 5.58. The minimum Gasteiger partial charge on any atom is -0.384 e. The molecule has 17 heavy (non-hydrogen) atoms. The zero-order valence-corrected chi connectivity index (χ0v) is 11.5. The molecule has 6 heteroatoms. The number of ether oxygens (including phenoxy) is 1. The Hall–Kier alpha value is -1.01. The lowest BCUT2D eigenvalue weighted by Crippen LogP contribution is -2.22. The van der Waals surface area contributed by atoms with Crippen molar-refractivity contribution in [3.63, 3.8) is 0 Å². The molecule has 0 atom stereocenters. The average molecular weight is 256 g/mol. The number of thioether (sulfide) groups is 1. The van der Waals surface area contributed by atoms with Gasteiger partial charge in [0.05, 0.1) is 0 Å². The minimum atomic E-state index is 0.408. The first-order chi connectivity index (χ1) is 8.17. The van der Waals surface area contributed by atoms with Crippen molar-refractivity contribution in [1.82, 2.24) is 9.97 Å². The summed E-state index contributed by atoms with van der Waals surface area (Å²) in [5, 5.41) is 0. The molecule has 0 radical (unpaired) electrons. The number of nitrogens with zero attached hydrogens (tertiary/aromatic N) is 3. The SMILES string of the molecule is CCOCc1nc(N)cc(N(C)CCSC)n1. The van der Waals surface area contributed by atoms with E-state index in [1.54, 1.807) is 17.8 Å². The number of nitrogens with two attached hydrogens (primary N) is 1. The molecule has 2 N–H and O–H groups in total. The molecule has 96 valence electrons. The van der Waals surface area contributed by atoms with Crippen LogP contribution in [0.15, 0.2) is 6.07 Å². The van der Waals surface area contributed by atoms with Gasteiger partial charge in [0.25, 0.3) is 0 Å². The first kappa shape index (κ1) is 14.1. The summed E-state index contributed by atoms with van der Waals surface area (Å²) in [7, 11) is 2.00. The van der Waals surface area contributed by atoms with Gasteiger partial charge in [-0.05, 0) is 13.2 Å². The molecule has 0 aliphatic rings. The molecule has 0 saturated carbocycles. The Labute approximate surface area is 107 Å². The van der Waals surface area contributed by atoms with Crippen LogP contribution in [0.3, 0.4) is 0 Å². The zero-order chi connectivity index (χ0) is 12.7. The van der Waals surface area contributed by atoms with Gasteiger partial charge in [-0.15, -0.1) is 0 Å². The summed E-state index contributed by atoms with van der Waals surface area (Å²) >= 11 is 1.81. The maximum absolute atomic E-state index is 5.76. The lowest BCUT2D eigenvalue weighted by Gasteiger charge is -2.18. The lowest BCUT2D eigenvalue weighted by atomic mass is 10.4. The number of aromatic nitrogens is 2. The van der Waals surface area contributed by atoms with Gasteiger partial charge in [-0.3, -0.25) is 0 Å². The maximum Gasteiger partial charge on any atom is 0.158 e. The third-order valence-corrected chi connectivity index (χ3v) is 2.83. The smallest absolute Gasteiger partial charge is 0.158 e. The van der Waals surface area contributed by atoms with Gasteiger partial charge in [-0.2, -0.15) is 11.8 Å². The standard InChI is InChI=1S/C11H20N4OS/c1-4-16-8-10-13-9(12)7-11(14-10)15(2)5-6-17-3/h7H,4-6,8H2,1-3H3,(H2,12,13,14). The van der Waals surface area contributed by atoms with Gasteiger partial charge in [0, 0.05) is 32.0 Å². The molecule has 0 saturated heterocycles. The number of nitrogen functional groups attached to an aromatic ring is 1. The molecule has 5 nitrogen and oxygen atoms in total. The number of anilines is 2. The number of hydrogen-bond acceptors (Lipinski definition) is 6. The molecule has 0 amide bonds. The van der Waals surface area contributed by atoms with Gasteiger partial charge in [-0.25, -0.2) is 9.97 Å². The van der Waals surface area contributed by atoms with Gasteiger partial charge in [-0.1, -0.05) is 0 Å². The molecule has 0 aliphatic carbocycles. The van der Waals surface area contributed by atoms with Crippen LogP contribution in [-0.4, -0.2) is 42.2 Å². The van der Waals surface area contributed by atoms with Crippen LogP contribution in [0.2, 0.25) is 0 Å². The Morgan fingerprint density at radius 2 is 2.24 bits per heavy atom. The third-order valence-electron chi connectivity index (χ3n) is 2.24. The average Bonchev–Trinajstić information content (AvgIpc) is 2.32. The predicted molar refractivity (Wildman–Crippen MR) is 73.4 cm³/mol. The van der Waals surface area contributed by atoms with Crippen molar-refractivity contribution in [2.45, 2.75) is 13.5 Å². The van der Waals surface area contributed by atoms with E-state index in [0.29, 0.717) is 24.9 Å². The Morgan fingerprint density at radius 1 is 1.47 bits per heavy atom. The molecule has 0 fully saturated rings. The highest BCUT2D eigenvalue weighted by Crippen LogP contribution is 2.13. The summed E-state index contributed by atoms with van der Waals surface area (Å²) in [4.78, 5) is 10.6. The Morgan fingerprint density at radius 3 is 2.88 bits per heavy atom. The molecule has 1 heterocycles. The highest BCUT2D eigenvalue weighted by molar-refractivity contribution is 7.98. The fraction of sp³-hybridized carbons (Fsp3) is 0.636. The van der Waals surface area contributed by atoms with Gasteiger partial charge in [0.15, 0.2) is 5.82 Å². The van der Waals surface area contributed by atoms with Crippen LogP contribution >= 0.6 is 11.8 Å². The van der Waals surface area contributed by atoms with E-state index in [2.05, 4.69) is 21.1 Å². The second-order valence-electron chi connectivity index (χ2n) is 3.62. The van der Waals surface area contributed by atoms with Crippen LogP contribution in [-0.2, 0) is 11.3 Å². The monoisotopic (exact) mass is 256 g/mol. The molecule has 0 aromatic carbocycles. The second-order valence-corrected chi connectivity index (χ2v) is 4.60. The van der Waals surface area contributed by atoms with E-state index in [1.807, 2.05) is 14.0 Å². The highest BCUT2D eigenvalue weighted by atomic mass is 32.2. The molecule has 0 aliphatic heterocycles. The van der Waals surface area contributed by atoms with Crippen LogP contribution < -0.4 is 10.6 Å². The predicted octanol–water partition coefficient (Wildman–Crippen LogP) is 1.39. The minimum absolute atomic E-state index is 0.408. The summed E-state index contributed by atoms with van der Waals surface area (Å²) in [6, 6.07) is 1.79. The van der Waals surface area contributed by atoms with Crippen LogP contribution in [0.4, 0.5) is 11.6 Å². The first-order valence-corrected chi connectivity index (χ1v) is 6.98. The quantitative estimate of drug-likeness (QED) is 0.795. The fourth-order valence-electron chi connectivity index (χ4n) is 1.30. The Kier molecular flexibility index (Phi) is 6.07. The fourth-order valence-corrected chi connectivity index (χ4v) is 1.76. The van der Waals surface area contributed by atoms with E-state index < -0.39 is 0 Å². The van der Waals surface area contributed by atoms with Gasteiger partial charge >= 0.3 is 0 Å². The van der Waals surface area contributed by atoms with Crippen LogP contribution in [0, 0.1) is 0 Å². The Bertz CT molecular complexity index is 348. The van der Waals surface area contributed by atoms with E-state index in [-0.39, 0.29) is 0 Å². The van der Waals surface area contributed by atoms with E-state index in [9.17, 15) is 0 Å². The molecule has 0 unspecified atom stereocenters. The van der Waals surface area contributed by atoms with Crippen molar-refractivity contribution < 1.29 is 4.74 Å². The van der Waals surface area contributed by atoms with Crippen molar-refractivity contribution in [3.8, 4) is 0 Å². The summed E-state index contributed by atoms with van der Waals surface area (Å²) < 4.78 is 5.29. The zero-order valence-electron chi connectivity index (χ0n) is 10.6. The highest BCUT2D eigenvalue weighted by Gasteiger charge is 2.06. The maximum atomic E-state index is 5.76. The van der Waals surface area contributed by atoms with Crippen molar-refractivity contribution in [2.24, 2.45) is 0 Å². The topological polar surface area (TPSA) is 64.3 Å². The van der Waals surface area contributed by atoms with Gasteiger partial charge < -0.3 is 15.4 Å². The van der Waals surface area contributed by atoms with Crippen molar-refractivity contribution in [2.75, 3.05) is 42.8 Å². The van der Waals surface area contributed by atoms with Crippen molar-refractivity contribution >= 4 is 23.4 Å². The summed E-state index contributed by atoms with van der Waals surface area (Å²) in [6.45, 7) is 3.93. The number of hydrogen-bond donors (Lipinski definition) is 1. The van der Waals surface area contributed by atoms with E-state index in [1.165, 1.54) is 0 Å². The summed E-state index contributed by atoms with van der Waals surface area (Å²) in [5.41, 5.74) is 5.76. The summed E-state index contributed by atoms with van der Waals surface area (Å²) in [5.74, 6) is 3.03. The molecule has 0 spiro atoms. The van der Waals surface area contributed by atoms with E-state index >= 15 is 0 Å². The van der Waals surface area contributed by atoms with Crippen LogP contribution in [0.1, 0.15) is 12.7 Å². The molecule has 1 aromatic rings.